The van der Waals surface area contributed by atoms with Crippen LogP contribution < -0.4 is 4.90 Å². The van der Waals surface area contributed by atoms with Gasteiger partial charge in [0, 0.05) is 18.0 Å². The number of nitrogens with zero attached hydrogens (tertiary/aromatic N) is 6. The molecule has 0 aliphatic carbocycles. The summed E-state index contributed by atoms with van der Waals surface area (Å²) in [5.41, 5.74) is 0.890. The molecule has 7 nitrogen and oxygen atoms in total. The SMILES string of the molecule is N#CCC1(O)CN(c2nn3cc(-c4cccnc4)nc3s2)C1. The van der Waals surface area contributed by atoms with Gasteiger partial charge < -0.3 is 10.0 Å². The summed E-state index contributed by atoms with van der Waals surface area (Å²) in [6.45, 7) is 0.874. The van der Waals surface area contributed by atoms with E-state index in [4.69, 9.17) is 5.26 Å². The first-order valence-electron chi connectivity index (χ1n) is 6.78. The Balaban J connectivity index is 1.57. The minimum absolute atomic E-state index is 0.150. The molecule has 0 aromatic carbocycles. The van der Waals surface area contributed by atoms with Gasteiger partial charge in [-0.3, -0.25) is 4.98 Å². The van der Waals surface area contributed by atoms with Crippen LogP contribution >= 0.6 is 11.3 Å². The van der Waals surface area contributed by atoms with Crippen LogP contribution in [0, 0.1) is 11.3 Å². The highest BCUT2D eigenvalue weighted by atomic mass is 32.1. The average molecular weight is 312 g/mol. The molecule has 0 bridgehead atoms. The number of imidazole rings is 1. The second-order valence-corrected chi connectivity index (χ2v) is 6.33. The molecular formula is C14H12N6OS. The number of aromatic nitrogens is 4. The van der Waals surface area contributed by atoms with E-state index in [1.165, 1.54) is 11.3 Å². The van der Waals surface area contributed by atoms with Crippen LogP contribution in [-0.2, 0) is 0 Å². The van der Waals surface area contributed by atoms with E-state index in [9.17, 15) is 5.11 Å². The van der Waals surface area contributed by atoms with Crippen molar-refractivity contribution in [1.29, 1.82) is 5.26 Å². The van der Waals surface area contributed by atoms with Crippen LogP contribution in [0.15, 0.2) is 30.7 Å². The highest BCUT2D eigenvalue weighted by Gasteiger charge is 2.42. The Morgan fingerprint density at radius 3 is 3.00 bits per heavy atom. The first-order valence-corrected chi connectivity index (χ1v) is 7.59. The third-order valence-electron chi connectivity index (χ3n) is 3.64. The second kappa shape index (κ2) is 4.76. The van der Waals surface area contributed by atoms with Gasteiger partial charge in [-0.15, -0.1) is 5.10 Å². The molecule has 4 heterocycles. The topological polar surface area (TPSA) is 90.3 Å². The van der Waals surface area contributed by atoms with Crippen molar-refractivity contribution in [2.24, 2.45) is 0 Å². The Labute approximate surface area is 130 Å². The first-order chi connectivity index (χ1) is 10.7. The molecule has 4 rings (SSSR count). The van der Waals surface area contributed by atoms with Crippen molar-refractivity contribution in [1.82, 2.24) is 19.6 Å². The molecule has 3 aromatic heterocycles. The van der Waals surface area contributed by atoms with E-state index in [0.717, 1.165) is 21.3 Å². The van der Waals surface area contributed by atoms with Crippen LogP contribution in [0.5, 0.6) is 0 Å². The molecule has 0 unspecified atom stereocenters. The summed E-state index contributed by atoms with van der Waals surface area (Å²) in [7, 11) is 0. The van der Waals surface area contributed by atoms with Crippen LogP contribution in [0.25, 0.3) is 16.2 Å². The fourth-order valence-corrected chi connectivity index (χ4v) is 3.41. The third kappa shape index (κ3) is 2.11. The summed E-state index contributed by atoms with van der Waals surface area (Å²) in [4.78, 5) is 11.4. The Kier molecular flexibility index (Phi) is 2.85. The highest BCUT2D eigenvalue weighted by Crippen LogP contribution is 2.33. The number of pyridine rings is 1. The lowest BCUT2D eigenvalue weighted by molar-refractivity contribution is 0.0165. The van der Waals surface area contributed by atoms with Crippen molar-refractivity contribution in [3.8, 4) is 17.3 Å². The van der Waals surface area contributed by atoms with Crippen molar-refractivity contribution in [2.45, 2.75) is 12.0 Å². The maximum atomic E-state index is 10.0. The summed E-state index contributed by atoms with van der Waals surface area (Å²) in [5.74, 6) is 0. The normalized spacial score (nSPS) is 16.5. The number of anilines is 1. The zero-order valence-corrected chi connectivity index (χ0v) is 12.4. The molecule has 8 heteroatoms. The zero-order valence-electron chi connectivity index (χ0n) is 11.5. The molecule has 110 valence electrons. The van der Waals surface area contributed by atoms with Gasteiger partial charge in [-0.25, -0.2) is 9.50 Å². The molecule has 22 heavy (non-hydrogen) atoms. The van der Waals surface area contributed by atoms with Gasteiger partial charge in [-0.2, -0.15) is 5.26 Å². The number of hydrogen-bond acceptors (Lipinski definition) is 7. The van der Waals surface area contributed by atoms with Crippen LogP contribution in [0.4, 0.5) is 5.13 Å². The number of aliphatic hydroxyl groups is 1. The minimum Gasteiger partial charge on any atom is -0.385 e. The molecule has 1 saturated heterocycles. The van der Waals surface area contributed by atoms with Crippen molar-refractivity contribution in [2.75, 3.05) is 18.0 Å². The van der Waals surface area contributed by atoms with E-state index < -0.39 is 5.60 Å². The molecule has 3 aromatic rings. The van der Waals surface area contributed by atoms with E-state index in [-0.39, 0.29) is 6.42 Å². The van der Waals surface area contributed by atoms with Gasteiger partial charge in [0.05, 0.1) is 37.5 Å². The lowest BCUT2D eigenvalue weighted by atomic mass is 9.92. The first kappa shape index (κ1) is 13.2. The van der Waals surface area contributed by atoms with Crippen LogP contribution in [-0.4, -0.2) is 43.4 Å². The number of nitriles is 1. The van der Waals surface area contributed by atoms with Gasteiger partial charge >= 0.3 is 0 Å². The molecule has 1 N–H and O–H groups in total. The summed E-state index contributed by atoms with van der Waals surface area (Å²) < 4.78 is 1.74. The van der Waals surface area contributed by atoms with Gasteiger partial charge in [0.2, 0.25) is 10.1 Å². The van der Waals surface area contributed by atoms with Gasteiger partial charge in [-0.05, 0) is 12.1 Å². The molecule has 1 aliphatic rings. The summed E-state index contributed by atoms with van der Waals surface area (Å²) >= 11 is 1.47. The fourth-order valence-electron chi connectivity index (χ4n) is 2.53. The third-order valence-corrected chi connectivity index (χ3v) is 4.62. The van der Waals surface area contributed by atoms with Crippen molar-refractivity contribution in [3.05, 3.63) is 30.7 Å². The van der Waals surface area contributed by atoms with E-state index >= 15 is 0 Å². The fraction of sp³-hybridized carbons (Fsp3) is 0.286. The monoisotopic (exact) mass is 312 g/mol. The Bertz CT molecular complexity index is 827. The number of fused-ring (bicyclic) bond motifs is 1. The molecule has 0 atom stereocenters. The Morgan fingerprint density at radius 1 is 1.45 bits per heavy atom. The predicted molar refractivity (Wildman–Crippen MR) is 81.5 cm³/mol. The van der Waals surface area contributed by atoms with Gasteiger partial charge in [0.1, 0.15) is 5.60 Å². The lowest BCUT2D eigenvalue weighted by Gasteiger charge is -2.44. The van der Waals surface area contributed by atoms with Gasteiger partial charge in [-0.1, -0.05) is 11.3 Å². The maximum absolute atomic E-state index is 10.0. The Hall–Kier alpha value is -2.50. The molecular weight excluding hydrogens is 300 g/mol. The van der Waals surface area contributed by atoms with Crippen molar-refractivity contribution < 1.29 is 5.11 Å². The lowest BCUT2D eigenvalue weighted by Crippen LogP contribution is -2.61. The highest BCUT2D eigenvalue weighted by molar-refractivity contribution is 7.20. The van der Waals surface area contributed by atoms with Crippen molar-refractivity contribution >= 4 is 21.4 Å². The molecule has 0 saturated carbocycles. The summed E-state index contributed by atoms with van der Waals surface area (Å²) in [6, 6.07) is 5.84. The van der Waals surface area contributed by atoms with Gasteiger partial charge in [0.25, 0.3) is 0 Å². The quantitative estimate of drug-likeness (QED) is 0.784. The number of β-amino-alcohol motifs (C(OH)–C–C–N with tert-alkyl or cyclic N) is 1. The smallest absolute Gasteiger partial charge is 0.214 e. The average Bonchev–Trinajstić information content (AvgIpc) is 3.04. The van der Waals surface area contributed by atoms with Gasteiger partial charge in [0.15, 0.2) is 0 Å². The molecule has 0 radical (unpaired) electrons. The second-order valence-electron chi connectivity index (χ2n) is 5.39. The predicted octanol–water partition coefficient (Wildman–Crippen LogP) is 1.32. The summed E-state index contributed by atoms with van der Waals surface area (Å²) in [6.07, 6.45) is 5.51. The van der Waals surface area contributed by atoms with Crippen LogP contribution in [0.3, 0.4) is 0 Å². The van der Waals surface area contributed by atoms with E-state index in [1.54, 1.807) is 16.9 Å². The van der Waals surface area contributed by atoms with Crippen molar-refractivity contribution in [3.63, 3.8) is 0 Å². The Morgan fingerprint density at radius 2 is 2.32 bits per heavy atom. The largest absolute Gasteiger partial charge is 0.385 e. The molecule has 0 amide bonds. The summed E-state index contributed by atoms with van der Waals surface area (Å²) in [5, 5.41) is 24.0. The number of hydrogen-bond donors (Lipinski definition) is 1. The molecule has 0 spiro atoms. The van der Waals surface area contributed by atoms with Crippen LogP contribution in [0.1, 0.15) is 6.42 Å². The van der Waals surface area contributed by atoms with Crippen LogP contribution in [0.2, 0.25) is 0 Å². The maximum Gasteiger partial charge on any atom is 0.214 e. The number of rotatable bonds is 3. The van der Waals surface area contributed by atoms with E-state index in [2.05, 4.69) is 15.1 Å². The molecule has 1 fully saturated rings. The molecule has 1 aliphatic heterocycles. The standard InChI is InChI=1S/C14H12N6OS/c15-4-3-14(21)8-19(9-14)13-18-20-7-11(17-12(20)22-13)10-2-1-5-16-6-10/h1-2,5-7,21H,3,8-9H2. The zero-order chi connectivity index (χ0) is 15.2. The van der Waals surface area contributed by atoms with E-state index in [1.807, 2.05) is 29.3 Å². The minimum atomic E-state index is -0.899. The van der Waals surface area contributed by atoms with E-state index in [0.29, 0.717) is 13.1 Å².